The number of nitro groups is 1. The van der Waals surface area contributed by atoms with E-state index < -0.39 is 0 Å². The quantitative estimate of drug-likeness (QED) is 0.0787. The van der Waals surface area contributed by atoms with E-state index in [2.05, 4.69) is 128 Å². The molecule has 8 aromatic rings. The van der Waals surface area contributed by atoms with E-state index in [0.717, 1.165) is 89.2 Å². The molecule has 0 spiro atoms. The Morgan fingerprint density at radius 2 is 0.825 bits per heavy atom. The van der Waals surface area contributed by atoms with Crippen molar-refractivity contribution in [3.63, 3.8) is 0 Å². The number of rotatable bonds is 11. The van der Waals surface area contributed by atoms with Gasteiger partial charge in [-0.3, -0.25) is 10.1 Å². The van der Waals surface area contributed by atoms with Crippen molar-refractivity contribution in [1.29, 1.82) is 0 Å². The van der Waals surface area contributed by atoms with E-state index in [1.165, 1.54) is 0 Å². The van der Waals surface area contributed by atoms with Crippen LogP contribution in [0, 0.1) is 24.0 Å². The number of hydrogen-bond acceptors (Lipinski definition) is 4. The summed E-state index contributed by atoms with van der Waals surface area (Å²) in [6.07, 6.45) is 0. The number of nitrogens with zero attached hydrogens (tertiary/aromatic N) is 1. The molecule has 9 rings (SSSR count). The molecule has 0 heterocycles. The van der Waals surface area contributed by atoms with Gasteiger partial charge in [0.25, 0.3) is 5.69 Å². The lowest BCUT2D eigenvalue weighted by Gasteiger charge is -2.29. The maximum absolute atomic E-state index is 13.1. The van der Waals surface area contributed by atoms with Gasteiger partial charge in [0.1, 0.15) is 0 Å². The molecule has 1 aliphatic rings. The molecule has 276 valence electrons. The van der Waals surface area contributed by atoms with Crippen molar-refractivity contribution in [1.82, 2.24) is 0 Å². The topological polar surface area (TPSA) is 67.2 Å². The van der Waals surface area contributed by atoms with Gasteiger partial charge in [-0.2, -0.15) is 0 Å². The number of nitrogens with one attached hydrogen (secondary N) is 2. The maximum Gasteiger partial charge on any atom is 0.270 e. The van der Waals surface area contributed by atoms with E-state index in [4.69, 9.17) is 0 Å². The average molecular weight is 740 g/mol. The fourth-order valence-electron chi connectivity index (χ4n) is 8.61. The van der Waals surface area contributed by atoms with Crippen LogP contribution in [0.15, 0.2) is 188 Å². The Kier molecular flexibility index (Phi) is 9.41. The van der Waals surface area contributed by atoms with Crippen molar-refractivity contribution < 1.29 is 4.92 Å². The second-order valence-electron chi connectivity index (χ2n) is 14.7. The fraction of sp³-hybridized carbons (Fsp3) is 0.0769. The molecule has 0 bridgehead atoms. The molecular weight excluding hydrogens is 699 g/mol. The van der Waals surface area contributed by atoms with E-state index >= 15 is 0 Å². The lowest BCUT2D eigenvalue weighted by Crippen LogP contribution is -2.15. The molecule has 5 heteroatoms. The first-order valence-electron chi connectivity index (χ1n) is 19.4. The molecule has 1 aliphatic carbocycles. The molecule has 5 nitrogen and oxygen atoms in total. The average Bonchev–Trinajstić information content (AvgIpc) is 3.54. The van der Waals surface area contributed by atoms with Gasteiger partial charge in [0.05, 0.1) is 16.3 Å². The SMILES string of the molecule is Cc1cccc(C)c1NC1=C(Nc2c(C(c3ccccc3)c3ccccc3)cc([N+](=O)[O-])cc2C(c2ccccc2)c2ccccc2)c2cccc3cccc1c23. The van der Waals surface area contributed by atoms with Gasteiger partial charge >= 0.3 is 0 Å². The predicted octanol–water partition coefficient (Wildman–Crippen LogP) is 13.1. The summed E-state index contributed by atoms with van der Waals surface area (Å²) < 4.78 is 0. The number of hydrogen-bond donors (Lipinski definition) is 2. The van der Waals surface area contributed by atoms with Gasteiger partial charge in [0, 0.05) is 51.9 Å². The highest BCUT2D eigenvalue weighted by molar-refractivity contribution is 6.18. The van der Waals surface area contributed by atoms with Gasteiger partial charge in [-0.05, 0) is 63.7 Å². The van der Waals surface area contributed by atoms with Gasteiger partial charge in [-0.1, -0.05) is 176 Å². The molecule has 8 aromatic carbocycles. The molecule has 0 aliphatic heterocycles. The molecule has 2 N–H and O–H groups in total. The lowest BCUT2D eigenvalue weighted by molar-refractivity contribution is -0.385. The minimum atomic E-state index is -0.337. The van der Waals surface area contributed by atoms with E-state index in [0.29, 0.717) is 0 Å². The summed E-state index contributed by atoms with van der Waals surface area (Å²) in [5.74, 6) is -0.674. The van der Waals surface area contributed by atoms with Crippen molar-refractivity contribution in [2.24, 2.45) is 0 Å². The zero-order chi connectivity index (χ0) is 38.9. The highest BCUT2D eigenvalue weighted by atomic mass is 16.6. The van der Waals surface area contributed by atoms with Crippen molar-refractivity contribution in [3.05, 3.63) is 254 Å². The van der Waals surface area contributed by atoms with Crippen LogP contribution in [0.25, 0.3) is 22.2 Å². The monoisotopic (exact) mass is 739 g/mol. The van der Waals surface area contributed by atoms with Gasteiger partial charge in [-0.25, -0.2) is 0 Å². The fourth-order valence-corrected chi connectivity index (χ4v) is 8.61. The Hall–Kier alpha value is -7.24. The third kappa shape index (κ3) is 6.64. The lowest BCUT2D eigenvalue weighted by atomic mass is 9.78. The summed E-state index contributed by atoms with van der Waals surface area (Å²) in [5, 5.41) is 23.4. The molecule has 0 saturated heterocycles. The van der Waals surface area contributed by atoms with Crippen molar-refractivity contribution in [2.75, 3.05) is 10.6 Å². The molecule has 57 heavy (non-hydrogen) atoms. The highest BCUT2D eigenvalue weighted by Gasteiger charge is 2.33. The molecule has 0 atom stereocenters. The number of aryl methyl sites for hydroxylation is 2. The van der Waals surface area contributed by atoms with Crippen molar-refractivity contribution >= 4 is 39.2 Å². The number of benzene rings is 8. The highest BCUT2D eigenvalue weighted by Crippen LogP contribution is 2.49. The van der Waals surface area contributed by atoms with Crippen LogP contribution in [-0.4, -0.2) is 4.92 Å². The molecule has 0 aromatic heterocycles. The van der Waals surface area contributed by atoms with Gasteiger partial charge in [-0.15, -0.1) is 0 Å². The Balaban J connectivity index is 1.39. The van der Waals surface area contributed by atoms with Gasteiger partial charge in [0.2, 0.25) is 0 Å². The van der Waals surface area contributed by atoms with E-state index in [9.17, 15) is 10.1 Å². The third-order valence-electron chi connectivity index (χ3n) is 11.2. The summed E-state index contributed by atoms with van der Waals surface area (Å²) in [6, 6.07) is 64.1. The normalized spacial score (nSPS) is 12.1. The van der Waals surface area contributed by atoms with E-state index in [1.54, 1.807) is 12.1 Å². The molecule has 0 fully saturated rings. The standard InChI is InChI=1S/C52H41N3O2/c1-34-18-15-19-35(2)49(34)53-51-42-30-16-28-40-29-17-31-43(48(40)42)52(51)54-50-44(46(36-20-7-3-8-21-36)37-22-9-4-10-23-37)32-41(55(56)57)33-45(50)47(38-24-11-5-12-25-38)39-26-13-6-14-27-39/h3-33,46-47,53-54H,1-2H3. The first-order chi connectivity index (χ1) is 28.0. The zero-order valence-electron chi connectivity index (χ0n) is 31.8. The predicted molar refractivity (Wildman–Crippen MR) is 235 cm³/mol. The smallest absolute Gasteiger partial charge is 0.270 e. The van der Waals surface area contributed by atoms with Gasteiger partial charge < -0.3 is 10.6 Å². The van der Waals surface area contributed by atoms with Crippen LogP contribution >= 0.6 is 0 Å². The first kappa shape index (κ1) is 35.5. The number of nitro benzene ring substituents is 1. The maximum atomic E-state index is 13.1. The summed E-state index contributed by atoms with van der Waals surface area (Å²) >= 11 is 0. The number of anilines is 2. The Labute approximate surface area is 333 Å². The van der Waals surface area contributed by atoms with Gasteiger partial charge in [0.15, 0.2) is 0 Å². The Morgan fingerprint density at radius 3 is 1.21 bits per heavy atom. The van der Waals surface area contributed by atoms with Crippen LogP contribution in [0.2, 0.25) is 0 Å². The summed E-state index contributed by atoms with van der Waals surface area (Å²) in [6.45, 7) is 4.26. The minimum absolute atomic E-state index is 0.0407. The zero-order valence-corrected chi connectivity index (χ0v) is 31.8. The van der Waals surface area contributed by atoms with Crippen LogP contribution in [0.4, 0.5) is 17.1 Å². The summed E-state index contributed by atoms with van der Waals surface area (Å²) in [7, 11) is 0. The molecule has 0 radical (unpaired) electrons. The largest absolute Gasteiger partial charge is 0.353 e. The van der Waals surface area contributed by atoms with Crippen LogP contribution in [-0.2, 0) is 0 Å². The minimum Gasteiger partial charge on any atom is -0.353 e. The first-order valence-corrected chi connectivity index (χ1v) is 19.4. The number of para-hydroxylation sites is 1. The second-order valence-corrected chi connectivity index (χ2v) is 14.7. The summed E-state index contributed by atoms with van der Waals surface area (Å²) in [4.78, 5) is 12.9. The van der Waals surface area contributed by atoms with E-state index in [-0.39, 0.29) is 22.4 Å². The van der Waals surface area contributed by atoms with Crippen molar-refractivity contribution in [3.8, 4) is 0 Å². The van der Waals surface area contributed by atoms with Crippen LogP contribution in [0.3, 0.4) is 0 Å². The van der Waals surface area contributed by atoms with E-state index in [1.807, 2.05) is 72.8 Å². The molecule has 0 amide bonds. The second kappa shape index (κ2) is 15.1. The summed E-state index contributed by atoms with van der Waals surface area (Å²) in [5.41, 5.74) is 14.0. The van der Waals surface area contributed by atoms with Crippen LogP contribution < -0.4 is 10.6 Å². The molecular formula is C52H41N3O2. The van der Waals surface area contributed by atoms with Crippen LogP contribution in [0.1, 0.15) is 67.5 Å². The molecule has 0 saturated carbocycles. The van der Waals surface area contributed by atoms with Crippen molar-refractivity contribution in [2.45, 2.75) is 25.7 Å². The Bertz CT molecular complexity index is 2570. The third-order valence-corrected chi connectivity index (χ3v) is 11.2. The number of non-ortho nitro benzene ring substituents is 1. The molecule has 0 unspecified atom stereocenters. The van der Waals surface area contributed by atoms with Crippen LogP contribution in [0.5, 0.6) is 0 Å². The Morgan fingerprint density at radius 1 is 0.456 bits per heavy atom.